The number of anilines is 1. The van der Waals surface area contributed by atoms with Crippen LogP contribution in [0.3, 0.4) is 0 Å². The summed E-state index contributed by atoms with van der Waals surface area (Å²) in [5, 5.41) is 0. The molecule has 2 aromatic carbocycles. The molecule has 6 heteroatoms. The van der Waals surface area contributed by atoms with E-state index in [2.05, 4.69) is 0 Å². The smallest absolute Gasteiger partial charge is 0.227 e. The van der Waals surface area contributed by atoms with Crippen LogP contribution in [-0.4, -0.2) is 36.1 Å². The van der Waals surface area contributed by atoms with Crippen molar-refractivity contribution in [3.8, 4) is 11.5 Å². The number of benzene rings is 2. The lowest BCUT2D eigenvalue weighted by atomic mass is 9.98. The molecule has 2 aliphatic rings. The fraction of sp³-hybridized carbons (Fsp3) is 0.435. The van der Waals surface area contributed by atoms with Crippen molar-refractivity contribution in [3.05, 3.63) is 48.0 Å². The second-order valence-electron chi connectivity index (χ2n) is 7.79. The molecule has 0 bridgehead atoms. The standard InChI is InChI=1S/C23H27NO4S/c1-27-21-12-7-16(13-22(21)28-19-5-3-4-6-19)17-14-23(25)24(15-17)18-8-10-20(11-9-18)29(2)26/h7-13,17,19H,3-6,14-15H2,1-2H3/t17-,29?/m0/s1. The Morgan fingerprint density at radius 3 is 2.41 bits per heavy atom. The van der Waals surface area contributed by atoms with Crippen molar-refractivity contribution in [1.82, 2.24) is 0 Å². The summed E-state index contributed by atoms with van der Waals surface area (Å²) < 4.78 is 23.3. The first-order valence-corrected chi connectivity index (χ1v) is 11.7. The normalized spacial score (nSPS) is 20.8. The molecule has 0 radical (unpaired) electrons. The van der Waals surface area contributed by atoms with E-state index in [0.29, 0.717) is 13.0 Å². The predicted molar refractivity (Wildman–Crippen MR) is 114 cm³/mol. The largest absolute Gasteiger partial charge is 0.493 e. The fourth-order valence-corrected chi connectivity index (χ4v) is 4.74. The summed E-state index contributed by atoms with van der Waals surface area (Å²) >= 11 is 0. The van der Waals surface area contributed by atoms with Gasteiger partial charge >= 0.3 is 0 Å². The van der Waals surface area contributed by atoms with Crippen molar-refractivity contribution in [2.75, 3.05) is 24.8 Å². The van der Waals surface area contributed by atoms with E-state index < -0.39 is 10.8 Å². The predicted octanol–water partition coefficient (Wildman–Crippen LogP) is 4.27. The summed E-state index contributed by atoms with van der Waals surface area (Å²) in [5.41, 5.74) is 1.95. The van der Waals surface area contributed by atoms with Crippen molar-refractivity contribution < 1.29 is 18.5 Å². The Morgan fingerprint density at radius 1 is 1.03 bits per heavy atom. The van der Waals surface area contributed by atoms with Crippen LogP contribution in [0.5, 0.6) is 11.5 Å². The topological polar surface area (TPSA) is 55.8 Å². The van der Waals surface area contributed by atoms with E-state index in [-0.39, 0.29) is 17.9 Å². The van der Waals surface area contributed by atoms with Gasteiger partial charge < -0.3 is 14.4 Å². The maximum atomic E-state index is 12.7. The molecule has 1 aliphatic heterocycles. The van der Waals surface area contributed by atoms with Crippen LogP contribution in [0.2, 0.25) is 0 Å². The highest BCUT2D eigenvalue weighted by Gasteiger charge is 2.32. The third-order valence-electron chi connectivity index (χ3n) is 5.86. The number of nitrogens with zero attached hydrogens (tertiary/aromatic N) is 1. The van der Waals surface area contributed by atoms with Crippen molar-refractivity contribution in [2.24, 2.45) is 0 Å². The third-order valence-corrected chi connectivity index (χ3v) is 6.80. The molecule has 5 nitrogen and oxygen atoms in total. The minimum absolute atomic E-state index is 0.106. The van der Waals surface area contributed by atoms with Gasteiger partial charge in [-0.05, 0) is 67.6 Å². The van der Waals surface area contributed by atoms with E-state index in [1.807, 2.05) is 47.4 Å². The van der Waals surface area contributed by atoms with E-state index >= 15 is 0 Å². The Kier molecular flexibility index (Phi) is 5.90. The van der Waals surface area contributed by atoms with Gasteiger partial charge in [0.15, 0.2) is 11.5 Å². The summed E-state index contributed by atoms with van der Waals surface area (Å²) in [4.78, 5) is 15.3. The Balaban J connectivity index is 1.52. The molecular formula is C23H27NO4S. The molecule has 1 saturated heterocycles. The van der Waals surface area contributed by atoms with Crippen LogP contribution in [0.25, 0.3) is 0 Å². The number of carbonyl (C=O) groups excluding carboxylic acids is 1. The monoisotopic (exact) mass is 413 g/mol. The minimum Gasteiger partial charge on any atom is -0.493 e. The molecule has 0 aromatic heterocycles. The molecule has 2 atom stereocenters. The molecule has 1 aliphatic carbocycles. The van der Waals surface area contributed by atoms with E-state index in [4.69, 9.17) is 9.47 Å². The lowest BCUT2D eigenvalue weighted by molar-refractivity contribution is -0.117. The molecule has 2 fully saturated rings. The van der Waals surface area contributed by atoms with Gasteiger partial charge in [0.25, 0.3) is 0 Å². The van der Waals surface area contributed by atoms with Gasteiger partial charge in [-0.15, -0.1) is 0 Å². The number of amides is 1. The van der Waals surface area contributed by atoms with Crippen molar-refractivity contribution in [2.45, 2.75) is 49.0 Å². The van der Waals surface area contributed by atoms with Crippen molar-refractivity contribution in [3.63, 3.8) is 0 Å². The first kappa shape index (κ1) is 20.0. The summed E-state index contributed by atoms with van der Waals surface area (Å²) in [6, 6.07) is 13.4. The van der Waals surface area contributed by atoms with Crippen LogP contribution in [0.4, 0.5) is 5.69 Å². The van der Waals surface area contributed by atoms with Crippen LogP contribution >= 0.6 is 0 Å². The average molecular weight is 414 g/mol. The van der Waals surface area contributed by atoms with Crippen LogP contribution in [0, 0.1) is 0 Å². The van der Waals surface area contributed by atoms with E-state index in [1.165, 1.54) is 12.8 Å². The lowest BCUT2D eigenvalue weighted by Gasteiger charge is -2.19. The lowest BCUT2D eigenvalue weighted by Crippen LogP contribution is -2.24. The Bertz CT molecular complexity index is 906. The SMILES string of the molecule is COc1ccc([C@H]2CC(=O)N(c3ccc(S(C)=O)cc3)C2)cc1OC1CCCC1. The van der Waals surface area contributed by atoms with Gasteiger partial charge in [-0.25, -0.2) is 0 Å². The zero-order valence-electron chi connectivity index (χ0n) is 16.9. The second-order valence-corrected chi connectivity index (χ2v) is 9.17. The zero-order valence-corrected chi connectivity index (χ0v) is 17.7. The third kappa shape index (κ3) is 4.32. The highest BCUT2D eigenvalue weighted by Crippen LogP contribution is 2.38. The summed E-state index contributed by atoms with van der Waals surface area (Å²) in [7, 11) is 0.635. The number of hydrogen-bond donors (Lipinski definition) is 0. The molecule has 154 valence electrons. The van der Waals surface area contributed by atoms with Gasteiger partial charge in [-0.2, -0.15) is 0 Å². The van der Waals surface area contributed by atoms with E-state index in [1.54, 1.807) is 13.4 Å². The molecule has 0 N–H and O–H groups in total. The fourth-order valence-electron chi connectivity index (χ4n) is 4.22. The highest BCUT2D eigenvalue weighted by molar-refractivity contribution is 7.84. The number of hydrogen-bond acceptors (Lipinski definition) is 4. The van der Waals surface area contributed by atoms with Crippen molar-refractivity contribution in [1.29, 1.82) is 0 Å². The quantitative estimate of drug-likeness (QED) is 0.710. The maximum Gasteiger partial charge on any atom is 0.227 e. The molecule has 1 saturated carbocycles. The molecule has 4 rings (SSSR count). The van der Waals surface area contributed by atoms with Gasteiger partial charge in [0, 0.05) is 46.5 Å². The zero-order chi connectivity index (χ0) is 20.4. The van der Waals surface area contributed by atoms with Crippen molar-refractivity contribution >= 4 is 22.4 Å². The molecule has 1 unspecified atom stereocenters. The van der Waals surface area contributed by atoms with Gasteiger partial charge in [-0.3, -0.25) is 9.00 Å². The van der Waals surface area contributed by atoms with Gasteiger partial charge in [-0.1, -0.05) is 6.07 Å². The number of rotatable bonds is 6. The Morgan fingerprint density at radius 2 is 1.76 bits per heavy atom. The average Bonchev–Trinajstić information content (AvgIpc) is 3.37. The maximum absolute atomic E-state index is 12.7. The summed E-state index contributed by atoms with van der Waals surface area (Å²) in [6.45, 7) is 0.628. The Labute approximate surface area is 174 Å². The van der Waals surface area contributed by atoms with Crippen LogP contribution in [0.15, 0.2) is 47.4 Å². The number of ether oxygens (including phenoxy) is 2. The Hall–Kier alpha value is -2.34. The van der Waals surface area contributed by atoms with Crippen LogP contribution in [0.1, 0.15) is 43.6 Å². The molecule has 1 amide bonds. The van der Waals surface area contributed by atoms with Gasteiger partial charge in [0.1, 0.15) is 0 Å². The molecule has 0 spiro atoms. The van der Waals surface area contributed by atoms with Crippen LogP contribution < -0.4 is 14.4 Å². The second kappa shape index (κ2) is 8.57. The summed E-state index contributed by atoms with van der Waals surface area (Å²) in [5.74, 6) is 1.73. The van der Waals surface area contributed by atoms with Gasteiger partial charge in [0.2, 0.25) is 5.91 Å². The molecular weight excluding hydrogens is 386 g/mol. The van der Waals surface area contributed by atoms with E-state index in [9.17, 15) is 9.00 Å². The minimum atomic E-state index is -1.02. The first-order valence-electron chi connectivity index (χ1n) is 10.1. The van der Waals surface area contributed by atoms with Gasteiger partial charge in [0.05, 0.1) is 13.2 Å². The first-order chi connectivity index (χ1) is 14.0. The van der Waals surface area contributed by atoms with E-state index in [0.717, 1.165) is 40.5 Å². The number of methoxy groups -OCH3 is 1. The molecule has 2 aromatic rings. The summed E-state index contributed by atoms with van der Waals surface area (Å²) in [6.07, 6.45) is 6.97. The molecule has 1 heterocycles. The van der Waals surface area contributed by atoms with Crippen LogP contribution in [-0.2, 0) is 15.6 Å². The molecule has 29 heavy (non-hydrogen) atoms. The number of carbonyl (C=O) groups is 1. The highest BCUT2D eigenvalue weighted by atomic mass is 32.2.